The molecule has 0 amide bonds. The van der Waals surface area contributed by atoms with Crippen molar-refractivity contribution in [3.8, 4) is 0 Å². The van der Waals surface area contributed by atoms with E-state index in [2.05, 4.69) is 5.32 Å². The molecule has 1 N–H and O–H groups in total. The maximum absolute atomic E-state index is 5.90. The van der Waals surface area contributed by atoms with Crippen LogP contribution < -0.4 is 5.32 Å². The zero-order chi connectivity index (χ0) is 9.68. The normalized spacial score (nSPS) is 10.7. The van der Waals surface area contributed by atoms with Crippen molar-refractivity contribution in [3.63, 3.8) is 0 Å². The number of halogens is 3. The molecule has 0 saturated carbocycles. The molecule has 0 fully saturated rings. The second kappa shape index (κ2) is 5.38. The van der Waals surface area contributed by atoms with E-state index in [0.29, 0.717) is 16.6 Å². The standard InChI is InChI=1S/C9H8Cl3N/c10-5-2-6-13-9-7(11)3-1-4-8(9)12/h1-5,13H,6H2/b5-2+. The van der Waals surface area contributed by atoms with Crippen molar-refractivity contribution in [2.24, 2.45) is 0 Å². The fourth-order valence-corrected chi connectivity index (χ4v) is 1.49. The van der Waals surface area contributed by atoms with Crippen LogP contribution in [0.25, 0.3) is 0 Å². The molecule has 0 aliphatic rings. The van der Waals surface area contributed by atoms with Crippen LogP contribution in [0.1, 0.15) is 0 Å². The number of rotatable bonds is 3. The Bertz CT molecular complexity index is 289. The highest BCUT2D eigenvalue weighted by Gasteiger charge is 2.02. The van der Waals surface area contributed by atoms with Crippen molar-refractivity contribution >= 4 is 40.5 Å². The van der Waals surface area contributed by atoms with E-state index in [0.717, 1.165) is 5.69 Å². The van der Waals surface area contributed by atoms with E-state index in [4.69, 9.17) is 34.8 Å². The molecule has 0 saturated heterocycles. The number of benzene rings is 1. The van der Waals surface area contributed by atoms with Crippen LogP contribution in [0.2, 0.25) is 10.0 Å². The van der Waals surface area contributed by atoms with E-state index in [1.165, 1.54) is 5.54 Å². The highest BCUT2D eigenvalue weighted by Crippen LogP contribution is 2.29. The first-order valence-corrected chi connectivity index (χ1v) is 4.88. The summed E-state index contributed by atoms with van der Waals surface area (Å²) < 4.78 is 0. The molecule has 0 spiro atoms. The molecule has 1 aromatic rings. The molecule has 0 aromatic heterocycles. The monoisotopic (exact) mass is 235 g/mol. The summed E-state index contributed by atoms with van der Waals surface area (Å²) in [7, 11) is 0. The first-order chi connectivity index (χ1) is 6.25. The third kappa shape index (κ3) is 3.11. The molecule has 13 heavy (non-hydrogen) atoms. The quantitative estimate of drug-likeness (QED) is 0.831. The van der Waals surface area contributed by atoms with Gasteiger partial charge in [-0.25, -0.2) is 0 Å². The summed E-state index contributed by atoms with van der Waals surface area (Å²) in [5.74, 6) is 0. The van der Waals surface area contributed by atoms with Gasteiger partial charge in [-0.1, -0.05) is 46.9 Å². The first-order valence-electron chi connectivity index (χ1n) is 3.69. The smallest absolute Gasteiger partial charge is 0.0721 e. The van der Waals surface area contributed by atoms with E-state index >= 15 is 0 Å². The average Bonchev–Trinajstić information content (AvgIpc) is 2.10. The predicted molar refractivity (Wildman–Crippen MR) is 59.9 cm³/mol. The Balaban J connectivity index is 2.75. The fraction of sp³-hybridized carbons (Fsp3) is 0.111. The third-order valence-electron chi connectivity index (χ3n) is 1.45. The van der Waals surface area contributed by atoms with Crippen LogP contribution in [-0.2, 0) is 0 Å². The summed E-state index contributed by atoms with van der Waals surface area (Å²) >= 11 is 17.2. The van der Waals surface area contributed by atoms with Gasteiger partial charge < -0.3 is 5.32 Å². The summed E-state index contributed by atoms with van der Waals surface area (Å²) in [5, 5.41) is 4.26. The minimum atomic E-state index is 0.604. The first kappa shape index (κ1) is 10.7. The minimum Gasteiger partial charge on any atom is -0.379 e. The molecule has 4 heteroatoms. The van der Waals surface area contributed by atoms with Gasteiger partial charge in [0, 0.05) is 12.1 Å². The average molecular weight is 237 g/mol. The van der Waals surface area contributed by atoms with Gasteiger partial charge in [-0.15, -0.1) is 0 Å². The summed E-state index contributed by atoms with van der Waals surface area (Å²) in [6.07, 6.45) is 1.77. The van der Waals surface area contributed by atoms with Crippen LogP contribution in [0.15, 0.2) is 29.8 Å². The Labute approximate surface area is 92.3 Å². The highest BCUT2D eigenvalue weighted by molar-refractivity contribution is 6.39. The maximum Gasteiger partial charge on any atom is 0.0721 e. The Morgan fingerprint density at radius 2 is 1.85 bits per heavy atom. The van der Waals surface area contributed by atoms with Crippen LogP contribution in [0.4, 0.5) is 5.69 Å². The predicted octanol–water partition coefficient (Wildman–Crippen LogP) is 4.16. The molecule has 1 aromatic carbocycles. The van der Waals surface area contributed by atoms with Crippen molar-refractivity contribution in [1.29, 1.82) is 0 Å². The van der Waals surface area contributed by atoms with Gasteiger partial charge >= 0.3 is 0 Å². The van der Waals surface area contributed by atoms with Gasteiger partial charge in [0.1, 0.15) is 0 Å². The van der Waals surface area contributed by atoms with Crippen LogP contribution in [0.3, 0.4) is 0 Å². The van der Waals surface area contributed by atoms with Gasteiger partial charge in [-0.2, -0.15) is 0 Å². The van der Waals surface area contributed by atoms with Crippen molar-refractivity contribution < 1.29 is 0 Å². The Kier molecular flexibility index (Phi) is 4.43. The largest absolute Gasteiger partial charge is 0.379 e. The van der Waals surface area contributed by atoms with Crippen LogP contribution in [-0.4, -0.2) is 6.54 Å². The molecular weight excluding hydrogens is 228 g/mol. The molecule has 0 unspecified atom stereocenters. The Morgan fingerprint density at radius 1 is 1.23 bits per heavy atom. The molecule has 0 heterocycles. The number of nitrogens with one attached hydrogen (secondary N) is 1. The molecule has 0 aliphatic carbocycles. The molecular formula is C9H8Cl3N. The van der Waals surface area contributed by atoms with Crippen molar-refractivity contribution in [1.82, 2.24) is 0 Å². The molecule has 1 rings (SSSR count). The van der Waals surface area contributed by atoms with Crippen LogP contribution in [0.5, 0.6) is 0 Å². The van der Waals surface area contributed by atoms with Gasteiger partial charge in [0.25, 0.3) is 0 Å². The maximum atomic E-state index is 5.90. The number of para-hydroxylation sites is 1. The molecule has 0 atom stereocenters. The SMILES string of the molecule is Cl/C=C/CNc1c(Cl)cccc1Cl. The van der Waals surface area contributed by atoms with E-state index in [1.54, 1.807) is 24.3 Å². The lowest BCUT2D eigenvalue weighted by Gasteiger charge is -2.07. The van der Waals surface area contributed by atoms with E-state index < -0.39 is 0 Å². The minimum absolute atomic E-state index is 0.604. The van der Waals surface area contributed by atoms with E-state index in [9.17, 15) is 0 Å². The van der Waals surface area contributed by atoms with Crippen LogP contribution in [0, 0.1) is 0 Å². The molecule has 0 radical (unpaired) electrons. The van der Waals surface area contributed by atoms with E-state index in [-0.39, 0.29) is 0 Å². The van der Waals surface area contributed by atoms with Crippen molar-refractivity contribution in [2.75, 3.05) is 11.9 Å². The number of anilines is 1. The van der Waals surface area contributed by atoms with E-state index in [1.807, 2.05) is 0 Å². The van der Waals surface area contributed by atoms with Crippen LogP contribution >= 0.6 is 34.8 Å². The zero-order valence-electron chi connectivity index (χ0n) is 6.73. The lowest BCUT2D eigenvalue weighted by atomic mass is 10.3. The van der Waals surface area contributed by atoms with Gasteiger partial charge in [-0.3, -0.25) is 0 Å². The van der Waals surface area contributed by atoms with Crippen molar-refractivity contribution in [3.05, 3.63) is 39.9 Å². The number of hydrogen-bond donors (Lipinski definition) is 1. The third-order valence-corrected chi connectivity index (χ3v) is 2.26. The van der Waals surface area contributed by atoms with Gasteiger partial charge in [-0.05, 0) is 12.1 Å². The summed E-state index contributed by atoms with van der Waals surface area (Å²) in [6, 6.07) is 5.35. The lowest BCUT2D eigenvalue weighted by molar-refractivity contribution is 1.34. The highest BCUT2D eigenvalue weighted by atomic mass is 35.5. The van der Waals surface area contributed by atoms with Crippen molar-refractivity contribution in [2.45, 2.75) is 0 Å². The van der Waals surface area contributed by atoms with Gasteiger partial charge in [0.2, 0.25) is 0 Å². The van der Waals surface area contributed by atoms with Gasteiger partial charge in [0.05, 0.1) is 15.7 Å². The lowest BCUT2D eigenvalue weighted by Crippen LogP contribution is -1.98. The molecule has 1 nitrogen and oxygen atoms in total. The summed E-state index contributed by atoms with van der Waals surface area (Å²) in [4.78, 5) is 0. The topological polar surface area (TPSA) is 12.0 Å². The van der Waals surface area contributed by atoms with Gasteiger partial charge in [0.15, 0.2) is 0 Å². The fourth-order valence-electron chi connectivity index (χ4n) is 0.872. The second-order valence-corrected chi connectivity index (χ2v) is 3.41. The summed E-state index contributed by atoms with van der Waals surface area (Å²) in [6.45, 7) is 0.604. The molecule has 0 aliphatic heterocycles. The molecule has 70 valence electrons. The molecule has 0 bridgehead atoms. The zero-order valence-corrected chi connectivity index (χ0v) is 9.00. The second-order valence-electron chi connectivity index (χ2n) is 2.34. The Hall–Kier alpha value is -0.370. The summed E-state index contributed by atoms with van der Waals surface area (Å²) in [5.41, 5.74) is 2.18. The number of hydrogen-bond acceptors (Lipinski definition) is 1. The Morgan fingerprint density at radius 3 is 2.38 bits per heavy atom.